The maximum absolute atomic E-state index is 13.0. The summed E-state index contributed by atoms with van der Waals surface area (Å²) in [5.74, 6) is 1.40. The maximum atomic E-state index is 13.0. The standard InChI is InChI=1S/C26H35N3O4/c1-18(2)29-14-12-19(13-15-29)16-28-24(30)17-27-23-7-5-6-22(26(23)33-4)25(31)20-8-10-21(32-3)11-9-20/h5-11,18-19,27H,12-17H2,1-4H3,(H,28,30). The highest BCUT2D eigenvalue weighted by Crippen LogP contribution is 2.30. The molecule has 1 amide bonds. The molecule has 0 saturated carbocycles. The average Bonchev–Trinajstić information content (AvgIpc) is 2.85. The summed E-state index contributed by atoms with van der Waals surface area (Å²) in [7, 11) is 3.11. The van der Waals surface area contributed by atoms with E-state index in [0.29, 0.717) is 46.8 Å². The molecule has 0 atom stereocenters. The van der Waals surface area contributed by atoms with E-state index in [2.05, 4.69) is 29.4 Å². The third-order valence-corrected chi connectivity index (χ3v) is 6.22. The van der Waals surface area contributed by atoms with E-state index in [0.717, 1.165) is 25.9 Å². The summed E-state index contributed by atoms with van der Waals surface area (Å²) in [5.41, 5.74) is 1.58. The van der Waals surface area contributed by atoms with Crippen LogP contribution in [-0.4, -0.2) is 63.0 Å². The summed E-state index contributed by atoms with van der Waals surface area (Å²) >= 11 is 0. The lowest BCUT2D eigenvalue weighted by Gasteiger charge is -2.34. The van der Waals surface area contributed by atoms with Gasteiger partial charge in [-0.25, -0.2) is 0 Å². The highest BCUT2D eigenvalue weighted by molar-refractivity contribution is 6.11. The molecule has 0 bridgehead atoms. The van der Waals surface area contributed by atoms with Crippen molar-refractivity contribution in [3.8, 4) is 11.5 Å². The van der Waals surface area contributed by atoms with Gasteiger partial charge in [-0.15, -0.1) is 0 Å². The number of para-hydroxylation sites is 1. The van der Waals surface area contributed by atoms with Crippen LogP contribution in [0.4, 0.5) is 5.69 Å². The largest absolute Gasteiger partial charge is 0.497 e. The van der Waals surface area contributed by atoms with E-state index in [1.165, 1.54) is 7.11 Å². The van der Waals surface area contributed by atoms with Gasteiger partial charge in [0, 0.05) is 18.2 Å². The Morgan fingerprint density at radius 3 is 2.33 bits per heavy atom. The van der Waals surface area contributed by atoms with Crippen LogP contribution in [0.2, 0.25) is 0 Å². The molecule has 0 aromatic heterocycles. The molecule has 0 unspecified atom stereocenters. The summed E-state index contributed by atoms with van der Waals surface area (Å²) < 4.78 is 10.7. The molecule has 0 aliphatic carbocycles. The Labute approximate surface area is 196 Å². The number of nitrogens with zero attached hydrogens (tertiary/aromatic N) is 1. The monoisotopic (exact) mass is 453 g/mol. The van der Waals surface area contributed by atoms with E-state index in [1.807, 2.05) is 0 Å². The SMILES string of the molecule is COc1ccc(C(=O)c2cccc(NCC(=O)NCC3CCN(C(C)C)CC3)c2OC)cc1. The molecule has 1 aliphatic rings. The molecule has 0 spiro atoms. The van der Waals surface area contributed by atoms with Crippen LogP contribution < -0.4 is 20.1 Å². The van der Waals surface area contributed by atoms with Gasteiger partial charge in [-0.05, 0) is 82.1 Å². The van der Waals surface area contributed by atoms with Crippen molar-refractivity contribution in [2.45, 2.75) is 32.7 Å². The third kappa shape index (κ3) is 6.48. The molecule has 2 N–H and O–H groups in total. The number of piperidine rings is 1. The summed E-state index contributed by atoms with van der Waals surface area (Å²) in [6.45, 7) is 7.43. The minimum absolute atomic E-state index is 0.0739. The van der Waals surface area contributed by atoms with Crippen molar-refractivity contribution in [2.75, 3.05) is 45.7 Å². The second-order valence-electron chi connectivity index (χ2n) is 8.67. The molecule has 1 saturated heterocycles. The molecule has 3 rings (SSSR count). The molecule has 7 nitrogen and oxygen atoms in total. The van der Waals surface area contributed by atoms with E-state index in [-0.39, 0.29) is 18.2 Å². The highest BCUT2D eigenvalue weighted by atomic mass is 16.5. The molecule has 1 aliphatic heterocycles. The summed E-state index contributed by atoms with van der Waals surface area (Å²) in [4.78, 5) is 27.9. The first-order valence-corrected chi connectivity index (χ1v) is 11.5. The van der Waals surface area contributed by atoms with Crippen molar-refractivity contribution in [3.63, 3.8) is 0 Å². The predicted molar refractivity (Wildman–Crippen MR) is 130 cm³/mol. The number of rotatable bonds is 10. The van der Waals surface area contributed by atoms with Crippen LogP contribution in [0.1, 0.15) is 42.6 Å². The Morgan fingerprint density at radius 1 is 1.03 bits per heavy atom. The molecule has 1 fully saturated rings. The second kappa shape index (κ2) is 11.7. The third-order valence-electron chi connectivity index (χ3n) is 6.22. The summed E-state index contributed by atoms with van der Waals surface area (Å²) in [5, 5.41) is 6.16. The number of ketones is 1. The number of likely N-dealkylation sites (tertiary alicyclic amines) is 1. The van der Waals surface area contributed by atoms with Gasteiger partial charge in [0.15, 0.2) is 11.5 Å². The molecule has 2 aromatic carbocycles. The lowest BCUT2D eigenvalue weighted by Crippen LogP contribution is -2.42. The van der Waals surface area contributed by atoms with Crippen molar-refractivity contribution in [1.29, 1.82) is 0 Å². The lowest BCUT2D eigenvalue weighted by molar-refractivity contribution is -0.119. The van der Waals surface area contributed by atoms with Gasteiger partial charge >= 0.3 is 0 Å². The Hall–Kier alpha value is -3.06. The van der Waals surface area contributed by atoms with E-state index < -0.39 is 0 Å². The predicted octanol–water partition coefficient (Wildman–Crippen LogP) is 3.58. The molecule has 0 radical (unpaired) electrons. The van der Waals surface area contributed by atoms with Gasteiger partial charge in [-0.1, -0.05) is 6.07 Å². The van der Waals surface area contributed by atoms with Crippen LogP contribution in [0, 0.1) is 5.92 Å². The van der Waals surface area contributed by atoms with E-state index in [9.17, 15) is 9.59 Å². The average molecular weight is 454 g/mol. The smallest absolute Gasteiger partial charge is 0.239 e. The first-order chi connectivity index (χ1) is 15.9. The number of ether oxygens (including phenoxy) is 2. The zero-order valence-corrected chi connectivity index (χ0v) is 20.0. The number of benzene rings is 2. The van der Waals surface area contributed by atoms with Gasteiger partial charge in [0.05, 0.1) is 32.0 Å². The Kier molecular flexibility index (Phi) is 8.72. The Bertz CT molecular complexity index is 935. The maximum Gasteiger partial charge on any atom is 0.239 e. The zero-order chi connectivity index (χ0) is 23.8. The highest BCUT2D eigenvalue weighted by Gasteiger charge is 2.21. The minimum atomic E-state index is -0.157. The fraction of sp³-hybridized carbons (Fsp3) is 0.462. The summed E-state index contributed by atoms with van der Waals surface area (Å²) in [6, 6.07) is 12.8. The van der Waals surface area contributed by atoms with Crippen molar-refractivity contribution in [2.24, 2.45) is 5.92 Å². The van der Waals surface area contributed by atoms with Gasteiger partial charge in [0.1, 0.15) is 5.75 Å². The molecule has 7 heteroatoms. The van der Waals surface area contributed by atoms with E-state index in [4.69, 9.17) is 9.47 Å². The lowest BCUT2D eigenvalue weighted by atomic mass is 9.96. The quantitative estimate of drug-likeness (QED) is 0.536. The molecular formula is C26H35N3O4. The molecule has 178 valence electrons. The number of methoxy groups -OCH3 is 2. The number of hydrogen-bond donors (Lipinski definition) is 2. The van der Waals surface area contributed by atoms with E-state index in [1.54, 1.807) is 49.6 Å². The fourth-order valence-corrected chi connectivity index (χ4v) is 4.14. The van der Waals surface area contributed by atoms with Gasteiger partial charge in [-0.3, -0.25) is 9.59 Å². The van der Waals surface area contributed by atoms with Crippen LogP contribution in [0.3, 0.4) is 0 Å². The van der Waals surface area contributed by atoms with Gasteiger partial charge < -0.3 is 25.0 Å². The molecule has 1 heterocycles. The fourth-order valence-electron chi connectivity index (χ4n) is 4.14. The number of carbonyl (C=O) groups excluding carboxylic acids is 2. The van der Waals surface area contributed by atoms with Crippen LogP contribution in [-0.2, 0) is 4.79 Å². The number of nitrogens with one attached hydrogen (secondary N) is 2. The van der Waals surface area contributed by atoms with Crippen molar-refractivity contribution >= 4 is 17.4 Å². The summed E-state index contributed by atoms with van der Waals surface area (Å²) in [6.07, 6.45) is 2.21. The van der Waals surface area contributed by atoms with Gasteiger partial charge in [-0.2, -0.15) is 0 Å². The van der Waals surface area contributed by atoms with Crippen LogP contribution >= 0.6 is 0 Å². The minimum Gasteiger partial charge on any atom is -0.497 e. The van der Waals surface area contributed by atoms with Crippen molar-refractivity contribution in [3.05, 3.63) is 53.6 Å². The van der Waals surface area contributed by atoms with Crippen LogP contribution in [0.15, 0.2) is 42.5 Å². The first-order valence-electron chi connectivity index (χ1n) is 11.5. The normalized spacial score (nSPS) is 14.7. The number of amides is 1. The molecule has 33 heavy (non-hydrogen) atoms. The zero-order valence-electron chi connectivity index (χ0n) is 20.0. The van der Waals surface area contributed by atoms with Gasteiger partial charge in [0.2, 0.25) is 5.91 Å². The Balaban J connectivity index is 1.56. The first kappa shape index (κ1) is 24.6. The number of hydrogen-bond acceptors (Lipinski definition) is 6. The van der Waals surface area contributed by atoms with Crippen LogP contribution in [0.25, 0.3) is 0 Å². The van der Waals surface area contributed by atoms with Gasteiger partial charge in [0.25, 0.3) is 0 Å². The number of carbonyl (C=O) groups is 2. The topological polar surface area (TPSA) is 79.9 Å². The van der Waals surface area contributed by atoms with Crippen LogP contribution in [0.5, 0.6) is 11.5 Å². The van der Waals surface area contributed by atoms with Crippen molar-refractivity contribution < 1.29 is 19.1 Å². The Morgan fingerprint density at radius 2 is 1.73 bits per heavy atom. The number of anilines is 1. The van der Waals surface area contributed by atoms with E-state index >= 15 is 0 Å². The van der Waals surface area contributed by atoms with Crippen molar-refractivity contribution in [1.82, 2.24) is 10.2 Å². The molecular weight excluding hydrogens is 418 g/mol. The second-order valence-corrected chi connectivity index (χ2v) is 8.67. The molecule has 2 aromatic rings.